The fourth-order valence-corrected chi connectivity index (χ4v) is 2.20. The van der Waals surface area contributed by atoms with Gasteiger partial charge in [0.25, 0.3) is 0 Å². The second-order valence-corrected chi connectivity index (χ2v) is 5.97. The van der Waals surface area contributed by atoms with Crippen molar-refractivity contribution < 1.29 is 0 Å². The van der Waals surface area contributed by atoms with Crippen molar-refractivity contribution in [2.45, 2.75) is 53.0 Å². The highest BCUT2D eigenvalue weighted by atomic mass is 14.9. The molecule has 96 valence electrons. The van der Waals surface area contributed by atoms with E-state index in [-0.39, 0.29) is 0 Å². The third kappa shape index (κ3) is 4.86. The molecule has 2 unspecified atom stereocenters. The Bertz CT molecular complexity index is 313. The Kier molecular flexibility index (Phi) is 5.13. The van der Waals surface area contributed by atoms with E-state index in [4.69, 9.17) is 0 Å². The van der Waals surface area contributed by atoms with Crippen LogP contribution in [0.3, 0.4) is 0 Å². The first-order chi connectivity index (χ1) is 7.94. The number of aromatic nitrogens is 1. The number of pyridine rings is 1. The molecule has 2 atom stereocenters. The minimum atomic E-state index is 0.343. The van der Waals surface area contributed by atoms with Crippen LogP contribution in [0.15, 0.2) is 24.4 Å². The van der Waals surface area contributed by atoms with Crippen molar-refractivity contribution in [3.05, 3.63) is 30.1 Å². The molecule has 0 amide bonds. The van der Waals surface area contributed by atoms with Crippen LogP contribution in [0.1, 0.15) is 52.7 Å². The van der Waals surface area contributed by atoms with Gasteiger partial charge in [-0.05, 0) is 30.5 Å². The molecule has 0 saturated heterocycles. The van der Waals surface area contributed by atoms with E-state index >= 15 is 0 Å². The average Bonchev–Trinajstić information content (AvgIpc) is 2.27. The zero-order chi connectivity index (χ0) is 12.9. The number of hydrogen-bond acceptors (Lipinski definition) is 2. The molecular formula is C15H26N2. The van der Waals surface area contributed by atoms with Gasteiger partial charge >= 0.3 is 0 Å². The second-order valence-electron chi connectivity index (χ2n) is 5.97. The molecule has 1 rings (SSSR count). The molecule has 2 heteroatoms. The van der Waals surface area contributed by atoms with E-state index in [1.54, 1.807) is 0 Å². The summed E-state index contributed by atoms with van der Waals surface area (Å²) in [5.41, 5.74) is 1.53. The van der Waals surface area contributed by atoms with E-state index in [9.17, 15) is 0 Å². The van der Waals surface area contributed by atoms with Crippen LogP contribution in [0.2, 0.25) is 0 Å². The third-order valence-electron chi connectivity index (χ3n) is 3.06. The van der Waals surface area contributed by atoms with Gasteiger partial charge in [0.1, 0.15) is 0 Å². The lowest BCUT2D eigenvalue weighted by Gasteiger charge is -2.30. The SMILES string of the molecule is CCNC(CC(C)(C)C)C(C)c1ccccn1. The minimum absolute atomic E-state index is 0.343. The van der Waals surface area contributed by atoms with Crippen LogP contribution in [-0.2, 0) is 0 Å². The van der Waals surface area contributed by atoms with Crippen LogP contribution in [0.4, 0.5) is 0 Å². The molecule has 0 aliphatic carbocycles. The van der Waals surface area contributed by atoms with Gasteiger partial charge in [-0.25, -0.2) is 0 Å². The molecule has 1 heterocycles. The molecule has 0 bridgehead atoms. The van der Waals surface area contributed by atoms with Gasteiger partial charge < -0.3 is 5.32 Å². The highest BCUT2D eigenvalue weighted by molar-refractivity contribution is 5.11. The van der Waals surface area contributed by atoms with E-state index in [1.165, 1.54) is 12.1 Å². The van der Waals surface area contributed by atoms with Gasteiger partial charge in [-0.1, -0.05) is 40.7 Å². The van der Waals surface area contributed by atoms with Crippen LogP contribution >= 0.6 is 0 Å². The first-order valence-electron chi connectivity index (χ1n) is 6.58. The quantitative estimate of drug-likeness (QED) is 0.842. The Morgan fingerprint density at radius 2 is 2.00 bits per heavy atom. The summed E-state index contributed by atoms with van der Waals surface area (Å²) in [6, 6.07) is 6.66. The van der Waals surface area contributed by atoms with E-state index in [0.29, 0.717) is 17.4 Å². The monoisotopic (exact) mass is 234 g/mol. The largest absolute Gasteiger partial charge is 0.314 e. The van der Waals surface area contributed by atoms with Crippen LogP contribution in [0, 0.1) is 5.41 Å². The summed E-state index contributed by atoms with van der Waals surface area (Å²) < 4.78 is 0. The zero-order valence-corrected chi connectivity index (χ0v) is 11.8. The molecule has 0 saturated carbocycles. The second kappa shape index (κ2) is 6.15. The van der Waals surface area contributed by atoms with Crippen molar-refractivity contribution >= 4 is 0 Å². The predicted octanol–water partition coefficient (Wildman–Crippen LogP) is 3.60. The minimum Gasteiger partial charge on any atom is -0.314 e. The molecule has 1 N–H and O–H groups in total. The Morgan fingerprint density at radius 3 is 2.47 bits per heavy atom. The molecular weight excluding hydrogens is 208 g/mol. The van der Waals surface area contributed by atoms with Gasteiger partial charge in [-0.3, -0.25) is 4.98 Å². The van der Waals surface area contributed by atoms with E-state index in [0.717, 1.165) is 6.54 Å². The molecule has 0 aliphatic heterocycles. The van der Waals surface area contributed by atoms with Crippen LogP contribution in [0.5, 0.6) is 0 Å². The number of nitrogens with zero attached hydrogens (tertiary/aromatic N) is 1. The smallest absolute Gasteiger partial charge is 0.0447 e. The molecule has 1 aromatic heterocycles. The zero-order valence-electron chi connectivity index (χ0n) is 11.8. The maximum atomic E-state index is 4.47. The Morgan fingerprint density at radius 1 is 1.29 bits per heavy atom. The van der Waals surface area contributed by atoms with Gasteiger partial charge in [0.2, 0.25) is 0 Å². The lowest BCUT2D eigenvalue weighted by molar-refractivity contribution is 0.287. The topological polar surface area (TPSA) is 24.9 Å². The first kappa shape index (κ1) is 14.2. The highest BCUT2D eigenvalue weighted by Crippen LogP contribution is 2.28. The van der Waals surface area contributed by atoms with Crippen LogP contribution in [0.25, 0.3) is 0 Å². The third-order valence-corrected chi connectivity index (χ3v) is 3.06. The van der Waals surface area contributed by atoms with Crippen LogP contribution in [-0.4, -0.2) is 17.6 Å². The fraction of sp³-hybridized carbons (Fsp3) is 0.667. The number of likely N-dealkylation sites (N-methyl/N-ethyl adjacent to an activating group) is 1. The van der Waals surface area contributed by atoms with Gasteiger partial charge in [0.15, 0.2) is 0 Å². The predicted molar refractivity (Wildman–Crippen MR) is 74.2 cm³/mol. The van der Waals surface area contributed by atoms with Gasteiger partial charge in [0, 0.05) is 23.9 Å². The Hall–Kier alpha value is -0.890. The summed E-state index contributed by atoms with van der Waals surface area (Å²) >= 11 is 0. The normalized spacial score (nSPS) is 15.6. The van der Waals surface area contributed by atoms with Crippen molar-refractivity contribution in [2.24, 2.45) is 5.41 Å². The lowest BCUT2D eigenvalue weighted by Crippen LogP contribution is -2.37. The molecule has 0 aromatic carbocycles. The first-order valence-corrected chi connectivity index (χ1v) is 6.58. The molecule has 1 aromatic rings. The molecule has 17 heavy (non-hydrogen) atoms. The van der Waals surface area contributed by atoms with E-state index in [1.807, 2.05) is 12.3 Å². The molecule has 0 fully saturated rings. The summed E-state index contributed by atoms with van der Waals surface area (Å²) in [7, 11) is 0. The summed E-state index contributed by atoms with van der Waals surface area (Å²) in [6.07, 6.45) is 3.05. The number of rotatable bonds is 5. The summed E-state index contributed by atoms with van der Waals surface area (Å²) in [6.45, 7) is 12.3. The van der Waals surface area contributed by atoms with Crippen molar-refractivity contribution in [2.75, 3.05) is 6.54 Å². The van der Waals surface area contributed by atoms with Crippen molar-refractivity contribution in [1.29, 1.82) is 0 Å². The standard InChI is InChI=1S/C15H26N2/c1-6-16-14(11-15(3,4)5)12(2)13-9-7-8-10-17-13/h7-10,12,14,16H,6,11H2,1-5H3. The fourth-order valence-electron chi connectivity index (χ4n) is 2.20. The van der Waals surface area contributed by atoms with Crippen LogP contribution < -0.4 is 5.32 Å². The lowest BCUT2D eigenvalue weighted by atomic mass is 9.82. The molecule has 0 aliphatic rings. The van der Waals surface area contributed by atoms with E-state index < -0.39 is 0 Å². The molecule has 0 radical (unpaired) electrons. The highest BCUT2D eigenvalue weighted by Gasteiger charge is 2.24. The summed E-state index contributed by atoms with van der Waals surface area (Å²) in [5.74, 6) is 0.454. The van der Waals surface area contributed by atoms with Gasteiger partial charge in [0.05, 0.1) is 0 Å². The van der Waals surface area contributed by atoms with E-state index in [2.05, 4.69) is 57.1 Å². The molecule has 0 spiro atoms. The maximum absolute atomic E-state index is 4.47. The van der Waals surface area contributed by atoms with Gasteiger partial charge in [-0.15, -0.1) is 0 Å². The van der Waals surface area contributed by atoms with Crippen molar-refractivity contribution in [3.63, 3.8) is 0 Å². The number of hydrogen-bond donors (Lipinski definition) is 1. The Balaban J connectivity index is 2.77. The summed E-state index contributed by atoms with van der Waals surface area (Å²) in [4.78, 5) is 4.47. The Labute approximate surface area is 106 Å². The van der Waals surface area contributed by atoms with Gasteiger partial charge in [-0.2, -0.15) is 0 Å². The van der Waals surface area contributed by atoms with Crippen molar-refractivity contribution in [3.8, 4) is 0 Å². The number of nitrogens with one attached hydrogen (secondary N) is 1. The average molecular weight is 234 g/mol. The maximum Gasteiger partial charge on any atom is 0.0447 e. The summed E-state index contributed by atoms with van der Waals surface area (Å²) in [5, 5.41) is 3.60. The molecule has 2 nitrogen and oxygen atoms in total. The van der Waals surface area contributed by atoms with Crippen molar-refractivity contribution in [1.82, 2.24) is 10.3 Å².